The molecule has 0 spiro atoms. The van der Waals surface area contributed by atoms with E-state index in [-0.39, 0.29) is 11.4 Å². The molecule has 1 rings (SSSR count). The SMILES string of the molecule is Cc1ccc(S(=O)(=O)N(CCC(C)C)CC(=O)O)cc1. The Kier molecular flexibility index (Phi) is 5.71. The quantitative estimate of drug-likeness (QED) is 0.837. The van der Waals surface area contributed by atoms with Gasteiger partial charge in [-0.1, -0.05) is 31.5 Å². The first-order chi connectivity index (χ1) is 9.23. The molecule has 0 unspecified atom stereocenters. The van der Waals surface area contributed by atoms with Crippen LogP contribution in [0.3, 0.4) is 0 Å². The van der Waals surface area contributed by atoms with Gasteiger partial charge in [0.05, 0.1) is 4.90 Å². The highest BCUT2D eigenvalue weighted by Crippen LogP contribution is 2.17. The zero-order valence-corrected chi connectivity index (χ0v) is 12.9. The first kappa shape index (κ1) is 16.7. The normalized spacial score (nSPS) is 12.1. The van der Waals surface area contributed by atoms with Crippen molar-refractivity contribution in [1.29, 1.82) is 0 Å². The van der Waals surface area contributed by atoms with Crippen molar-refractivity contribution in [2.45, 2.75) is 32.1 Å². The van der Waals surface area contributed by atoms with Crippen LogP contribution in [0.15, 0.2) is 29.2 Å². The largest absolute Gasteiger partial charge is 0.480 e. The van der Waals surface area contributed by atoms with E-state index in [1.54, 1.807) is 12.1 Å². The molecule has 0 aliphatic rings. The van der Waals surface area contributed by atoms with Gasteiger partial charge in [-0.05, 0) is 31.4 Å². The van der Waals surface area contributed by atoms with Gasteiger partial charge in [-0.3, -0.25) is 4.79 Å². The minimum Gasteiger partial charge on any atom is -0.480 e. The molecule has 0 aliphatic carbocycles. The second-order valence-corrected chi connectivity index (χ2v) is 7.17. The Morgan fingerprint density at radius 3 is 2.25 bits per heavy atom. The lowest BCUT2D eigenvalue weighted by Crippen LogP contribution is -2.36. The topological polar surface area (TPSA) is 74.7 Å². The molecule has 1 aromatic rings. The van der Waals surface area contributed by atoms with E-state index in [0.717, 1.165) is 9.87 Å². The minimum absolute atomic E-state index is 0.133. The number of hydrogen-bond acceptors (Lipinski definition) is 3. The first-order valence-electron chi connectivity index (χ1n) is 6.52. The van der Waals surface area contributed by atoms with Gasteiger partial charge in [-0.15, -0.1) is 0 Å². The van der Waals surface area contributed by atoms with Crippen LogP contribution >= 0.6 is 0 Å². The lowest BCUT2D eigenvalue weighted by Gasteiger charge is -2.21. The average molecular weight is 299 g/mol. The Balaban J connectivity index is 3.03. The Hall–Kier alpha value is -1.40. The third kappa shape index (κ3) is 4.61. The average Bonchev–Trinajstić information content (AvgIpc) is 2.34. The minimum atomic E-state index is -3.76. The van der Waals surface area contributed by atoms with Crippen molar-refractivity contribution >= 4 is 16.0 Å². The van der Waals surface area contributed by atoms with Crippen molar-refractivity contribution in [2.24, 2.45) is 5.92 Å². The number of rotatable bonds is 7. The molecule has 0 bridgehead atoms. The summed E-state index contributed by atoms with van der Waals surface area (Å²) in [6, 6.07) is 6.42. The van der Waals surface area contributed by atoms with Crippen molar-refractivity contribution in [1.82, 2.24) is 4.31 Å². The molecular weight excluding hydrogens is 278 g/mol. The molecule has 0 fully saturated rings. The third-order valence-electron chi connectivity index (χ3n) is 2.93. The van der Waals surface area contributed by atoms with E-state index in [1.165, 1.54) is 12.1 Å². The van der Waals surface area contributed by atoms with Crippen LogP contribution in [0.25, 0.3) is 0 Å². The molecular formula is C14H21NO4S. The summed E-state index contributed by atoms with van der Waals surface area (Å²) in [7, 11) is -3.76. The fourth-order valence-electron chi connectivity index (χ4n) is 1.70. The van der Waals surface area contributed by atoms with E-state index in [1.807, 2.05) is 20.8 Å². The van der Waals surface area contributed by atoms with E-state index in [0.29, 0.717) is 12.3 Å². The van der Waals surface area contributed by atoms with E-state index in [2.05, 4.69) is 0 Å². The highest BCUT2D eigenvalue weighted by molar-refractivity contribution is 7.89. The number of carbonyl (C=O) groups is 1. The number of hydrogen-bond donors (Lipinski definition) is 1. The van der Waals surface area contributed by atoms with Gasteiger partial charge in [-0.2, -0.15) is 4.31 Å². The second kappa shape index (κ2) is 6.85. The van der Waals surface area contributed by atoms with Crippen LogP contribution < -0.4 is 0 Å². The summed E-state index contributed by atoms with van der Waals surface area (Å²) < 4.78 is 25.9. The molecule has 20 heavy (non-hydrogen) atoms. The molecule has 5 nitrogen and oxygen atoms in total. The van der Waals surface area contributed by atoms with Crippen LogP contribution in [0.5, 0.6) is 0 Å². The molecule has 0 heterocycles. The molecule has 0 amide bonds. The molecule has 0 radical (unpaired) electrons. The Morgan fingerprint density at radius 2 is 1.80 bits per heavy atom. The van der Waals surface area contributed by atoms with E-state index < -0.39 is 22.5 Å². The lowest BCUT2D eigenvalue weighted by molar-refractivity contribution is -0.137. The van der Waals surface area contributed by atoms with Gasteiger partial charge in [0.15, 0.2) is 0 Å². The summed E-state index contributed by atoms with van der Waals surface area (Å²) in [6.45, 7) is 5.50. The van der Waals surface area contributed by atoms with Crippen LogP contribution in [0.2, 0.25) is 0 Å². The highest BCUT2D eigenvalue weighted by Gasteiger charge is 2.26. The monoisotopic (exact) mass is 299 g/mol. The van der Waals surface area contributed by atoms with Crippen molar-refractivity contribution in [2.75, 3.05) is 13.1 Å². The van der Waals surface area contributed by atoms with Gasteiger partial charge in [0.1, 0.15) is 6.54 Å². The van der Waals surface area contributed by atoms with E-state index in [9.17, 15) is 13.2 Å². The Morgan fingerprint density at radius 1 is 1.25 bits per heavy atom. The highest BCUT2D eigenvalue weighted by atomic mass is 32.2. The Labute approximate surface area is 120 Å². The maximum atomic E-state index is 12.5. The third-order valence-corrected chi connectivity index (χ3v) is 4.79. The van der Waals surface area contributed by atoms with E-state index in [4.69, 9.17) is 5.11 Å². The van der Waals surface area contributed by atoms with Crippen LogP contribution in [-0.4, -0.2) is 36.9 Å². The zero-order chi connectivity index (χ0) is 15.3. The zero-order valence-electron chi connectivity index (χ0n) is 12.0. The summed E-state index contributed by atoms with van der Waals surface area (Å²) in [6.07, 6.45) is 0.623. The summed E-state index contributed by atoms with van der Waals surface area (Å²) in [4.78, 5) is 11.0. The number of carboxylic acid groups (broad SMARTS) is 1. The molecule has 112 valence electrons. The Bertz CT molecular complexity index is 549. The van der Waals surface area contributed by atoms with Crippen molar-refractivity contribution in [3.8, 4) is 0 Å². The summed E-state index contributed by atoms with van der Waals surface area (Å²) in [5, 5.41) is 8.90. The number of aryl methyl sites for hydroxylation is 1. The van der Waals surface area contributed by atoms with E-state index >= 15 is 0 Å². The summed E-state index contributed by atoms with van der Waals surface area (Å²) >= 11 is 0. The molecule has 0 atom stereocenters. The number of carboxylic acids is 1. The second-order valence-electron chi connectivity index (χ2n) is 5.23. The van der Waals surface area contributed by atoms with Crippen molar-refractivity contribution in [3.05, 3.63) is 29.8 Å². The maximum absolute atomic E-state index is 12.5. The van der Waals surface area contributed by atoms with Crippen LogP contribution in [0, 0.1) is 12.8 Å². The number of sulfonamides is 1. The molecule has 0 aromatic heterocycles. The van der Waals surface area contributed by atoms with Gasteiger partial charge in [-0.25, -0.2) is 8.42 Å². The molecule has 0 saturated carbocycles. The molecule has 0 aliphatic heterocycles. The van der Waals surface area contributed by atoms with Crippen LogP contribution in [0.1, 0.15) is 25.8 Å². The van der Waals surface area contributed by atoms with Gasteiger partial charge >= 0.3 is 5.97 Å². The van der Waals surface area contributed by atoms with Gasteiger partial charge in [0.2, 0.25) is 10.0 Å². The fraction of sp³-hybridized carbons (Fsp3) is 0.500. The predicted octanol–water partition coefficient (Wildman–Crippen LogP) is 2.12. The summed E-state index contributed by atoms with van der Waals surface area (Å²) in [5.74, 6) is -0.844. The smallest absolute Gasteiger partial charge is 0.318 e. The summed E-state index contributed by atoms with van der Waals surface area (Å²) in [5.41, 5.74) is 0.955. The van der Waals surface area contributed by atoms with Crippen molar-refractivity contribution < 1.29 is 18.3 Å². The van der Waals surface area contributed by atoms with Gasteiger partial charge < -0.3 is 5.11 Å². The first-order valence-corrected chi connectivity index (χ1v) is 7.96. The van der Waals surface area contributed by atoms with Crippen LogP contribution in [0.4, 0.5) is 0 Å². The molecule has 1 aromatic carbocycles. The fourth-order valence-corrected chi connectivity index (χ4v) is 3.10. The van der Waals surface area contributed by atoms with Crippen LogP contribution in [-0.2, 0) is 14.8 Å². The van der Waals surface area contributed by atoms with Crippen molar-refractivity contribution in [3.63, 3.8) is 0 Å². The number of aliphatic carboxylic acids is 1. The molecule has 1 N–H and O–H groups in total. The number of benzene rings is 1. The standard InChI is InChI=1S/C14H21NO4S/c1-11(2)8-9-15(10-14(16)17)20(18,19)13-6-4-12(3)5-7-13/h4-7,11H,8-10H2,1-3H3,(H,16,17). The maximum Gasteiger partial charge on any atom is 0.318 e. The molecule has 0 saturated heterocycles. The van der Waals surface area contributed by atoms with Gasteiger partial charge in [0.25, 0.3) is 0 Å². The molecule has 6 heteroatoms. The lowest BCUT2D eigenvalue weighted by atomic mass is 10.1. The number of nitrogens with zero attached hydrogens (tertiary/aromatic N) is 1. The predicted molar refractivity (Wildman–Crippen MR) is 77.0 cm³/mol. The van der Waals surface area contributed by atoms with Gasteiger partial charge in [0, 0.05) is 6.54 Å².